The van der Waals surface area contributed by atoms with Crippen molar-refractivity contribution in [3.63, 3.8) is 0 Å². The molecule has 2 nitrogen and oxygen atoms in total. The normalized spacial score (nSPS) is 60.3. The van der Waals surface area contributed by atoms with Crippen molar-refractivity contribution in [2.24, 2.45) is 11.8 Å². The van der Waals surface area contributed by atoms with Crippen molar-refractivity contribution in [3.8, 4) is 0 Å². The molecule has 0 radical (unpaired) electrons. The molecule has 0 aliphatic carbocycles. The molecule has 0 amide bonds. The Labute approximate surface area is 67.3 Å². The van der Waals surface area contributed by atoms with Gasteiger partial charge in [0.1, 0.15) is 0 Å². The van der Waals surface area contributed by atoms with Gasteiger partial charge in [-0.1, -0.05) is 0 Å². The molecule has 3 fully saturated rings. The maximum absolute atomic E-state index is 5.99. The molecule has 11 heavy (non-hydrogen) atoms. The monoisotopic (exact) mass is 153 g/mol. The Bertz CT molecular complexity index is 194. The fraction of sp³-hybridized carbons (Fsp3) is 1.00. The summed E-state index contributed by atoms with van der Waals surface area (Å²) in [5.74, 6) is 1.66. The van der Waals surface area contributed by atoms with Gasteiger partial charge >= 0.3 is 0 Å². The molecule has 3 heterocycles. The Morgan fingerprint density at radius 2 is 2.36 bits per heavy atom. The summed E-state index contributed by atoms with van der Waals surface area (Å²) in [5, 5.41) is 3.47. The first-order valence-corrected chi connectivity index (χ1v) is 4.68. The molecule has 2 unspecified atom stereocenters. The summed E-state index contributed by atoms with van der Waals surface area (Å²) in [5.41, 5.74) is 0.249. The van der Waals surface area contributed by atoms with Gasteiger partial charge in [-0.3, -0.25) is 0 Å². The minimum atomic E-state index is 0.249. The van der Waals surface area contributed by atoms with Crippen LogP contribution in [0.3, 0.4) is 0 Å². The van der Waals surface area contributed by atoms with Crippen LogP contribution in [-0.4, -0.2) is 24.8 Å². The van der Waals surface area contributed by atoms with Crippen molar-refractivity contribution in [1.29, 1.82) is 0 Å². The Hall–Kier alpha value is -0.0800. The highest BCUT2D eigenvalue weighted by atomic mass is 16.5. The zero-order valence-corrected chi connectivity index (χ0v) is 6.97. The summed E-state index contributed by atoms with van der Waals surface area (Å²) < 4.78 is 5.99. The highest BCUT2D eigenvalue weighted by molar-refractivity contribution is 5.08. The van der Waals surface area contributed by atoms with Gasteiger partial charge < -0.3 is 10.1 Å². The van der Waals surface area contributed by atoms with Crippen LogP contribution in [0.2, 0.25) is 0 Å². The first-order chi connectivity index (χ1) is 5.30. The first-order valence-electron chi connectivity index (χ1n) is 4.68. The van der Waals surface area contributed by atoms with Crippen molar-refractivity contribution in [2.45, 2.75) is 31.5 Å². The van der Waals surface area contributed by atoms with Gasteiger partial charge in [0.05, 0.1) is 11.7 Å². The highest BCUT2D eigenvalue weighted by Gasteiger charge is 2.57. The van der Waals surface area contributed by atoms with E-state index in [1.165, 1.54) is 25.9 Å². The Morgan fingerprint density at radius 1 is 1.45 bits per heavy atom. The number of hydrogen-bond acceptors (Lipinski definition) is 2. The summed E-state index contributed by atoms with van der Waals surface area (Å²) >= 11 is 0. The second-order valence-electron chi connectivity index (χ2n) is 4.44. The third-order valence-corrected chi connectivity index (χ3v) is 3.87. The second kappa shape index (κ2) is 1.80. The zero-order chi connectivity index (χ0) is 7.47. The van der Waals surface area contributed by atoms with Crippen LogP contribution in [0.4, 0.5) is 0 Å². The number of ether oxygens (including phenoxy) is 1. The summed E-state index contributed by atoms with van der Waals surface area (Å²) in [6, 6.07) is 0. The molecule has 0 aromatic heterocycles. The van der Waals surface area contributed by atoms with Crippen LogP contribution in [0.15, 0.2) is 0 Å². The lowest BCUT2D eigenvalue weighted by Gasteiger charge is -2.27. The summed E-state index contributed by atoms with van der Waals surface area (Å²) in [7, 11) is 0. The van der Waals surface area contributed by atoms with Gasteiger partial charge in [0.15, 0.2) is 0 Å². The zero-order valence-electron chi connectivity index (χ0n) is 6.97. The molecule has 0 saturated carbocycles. The maximum atomic E-state index is 5.99. The molecule has 0 aromatic carbocycles. The second-order valence-corrected chi connectivity index (χ2v) is 4.44. The Balaban J connectivity index is 1.98. The minimum absolute atomic E-state index is 0.249. The third-order valence-electron chi connectivity index (χ3n) is 3.87. The van der Waals surface area contributed by atoms with E-state index in [1.54, 1.807) is 0 Å². The standard InChI is InChI=1S/C9H15NO/c1-9-3-2-8(11-9)6-4-10-5-7(6)9/h6-8,10H,2-5H2,1H3/t6?,7?,8-,9-/m0/s1. The van der Waals surface area contributed by atoms with Crippen LogP contribution in [0.25, 0.3) is 0 Å². The van der Waals surface area contributed by atoms with Crippen LogP contribution >= 0.6 is 0 Å². The average Bonchev–Trinajstić information content (AvgIpc) is 2.53. The molecular weight excluding hydrogens is 138 g/mol. The predicted molar refractivity (Wildman–Crippen MR) is 42.4 cm³/mol. The van der Waals surface area contributed by atoms with Gasteiger partial charge in [0.2, 0.25) is 0 Å². The molecule has 4 atom stereocenters. The lowest BCUT2D eigenvalue weighted by atomic mass is 9.75. The predicted octanol–water partition coefficient (Wildman–Crippen LogP) is 0.773. The molecule has 62 valence electrons. The van der Waals surface area contributed by atoms with Gasteiger partial charge in [0, 0.05) is 24.9 Å². The van der Waals surface area contributed by atoms with Gasteiger partial charge in [-0.15, -0.1) is 0 Å². The molecule has 3 aliphatic rings. The van der Waals surface area contributed by atoms with E-state index in [-0.39, 0.29) is 5.60 Å². The van der Waals surface area contributed by atoms with Crippen LogP contribution in [0.5, 0.6) is 0 Å². The van der Waals surface area contributed by atoms with Crippen molar-refractivity contribution in [3.05, 3.63) is 0 Å². The summed E-state index contributed by atoms with van der Waals surface area (Å²) in [6.07, 6.45) is 3.19. The van der Waals surface area contributed by atoms with E-state index in [1.807, 2.05) is 0 Å². The number of fused-ring (bicyclic) bond motifs is 5. The fourth-order valence-electron chi connectivity index (χ4n) is 3.23. The largest absolute Gasteiger partial charge is 0.371 e. The fourth-order valence-corrected chi connectivity index (χ4v) is 3.23. The molecule has 3 saturated heterocycles. The van der Waals surface area contributed by atoms with Crippen molar-refractivity contribution < 1.29 is 4.74 Å². The van der Waals surface area contributed by atoms with E-state index in [9.17, 15) is 0 Å². The van der Waals surface area contributed by atoms with Crippen LogP contribution in [-0.2, 0) is 4.74 Å². The third kappa shape index (κ3) is 0.651. The van der Waals surface area contributed by atoms with Gasteiger partial charge in [-0.25, -0.2) is 0 Å². The van der Waals surface area contributed by atoms with Crippen LogP contribution in [0.1, 0.15) is 19.8 Å². The first kappa shape index (κ1) is 6.44. The molecule has 1 N–H and O–H groups in total. The SMILES string of the molecule is C[C@@]12CC[C@H](O1)C1CNCC12. The lowest BCUT2D eigenvalue weighted by molar-refractivity contribution is 0.00527. The minimum Gasteiger partial charge on any atom is -0.371 e. The van der Waals surface area contributed by atoms with E-state index in [0.717, 1.165) is 11.8 Å². The van der Waals surface area contributed by atoms with Crippen molar-refractivity contribution >= 4 is 0 Å². The van der Waals surface area contributed by atoms with E-state index >= 15 is 0 Å². The molecule has 3 aliphatic heterocycles. The molecule has 3 rings (SSSR count). The molecule has 0 spiro atoms. The van der Waals surface area contributed by atoms with Crippen LogP contribution < -0.4 is 5.32 Å². The van der Waals surface area contributed by atoms with Gasteiger partial charge in [-0.05, 0) is 19.8 Å². The van der Waals surface area contributed by atoms with E-state index in [0.29, 0.717) is 6.10 Å². The van der Waals surface area contributed by atoms with E-state index in [4.69, 9.17) is 4.74 Å². The molecular formula is C9H15NO. The van der Waals surface area contributed by atoms with Crippen molar-refractivity contribution in [1.82, 2.24) is 5.32 Å². The van der Waals surface area contributed by atoms with Gasteiger partial charge in [-0.2, -0.15) is 0 Å². The van der Waals surface area contributed by atoms with E-state index in [2.05, 4.69) is 12.2 Å². The number of rotatable bonds is 0. The van der Waals surface area contributed by atoms with Gasteiger partial charge in [0.25, 0.3) is 0 Å². The number of nitrogens with one attached hydrogen (secondary N) is 1. The smallest absolute Gasteiger partial charge is 0.0703 e. The maximum Gasteiger partial charge on any atom is 0.0703 e. The summed E-state index contributed by atoms with van der Waals surface area (Å²) in [6.45, 7) is 4.69. The lowest BCUT2D eigenvalue weighted by Crippen LogP contribution is -2.34. The Morgan fingerprint density at radius 3 is 3.18 bits per heavy atom. The van der Waals surface area contributed by atoms with Crippen LogP contribution in [0, 0.1) is 11.8 Å². The molecule has 0 aromatic rings. The average molecular weight is 153 g/mol. The number of hydrogen-bond donors (Lipinski definition) is 1. The topological polar surface area (TPSA) is 21.3 Å². The van der Waals surface area contributed by atoms with Crippen molar-refractivity contribution in [2.75, 3.05) is 13.1 Å². The molecule has 2 heteroatoms. The Kier molecular flexibility index (Phi) is 1.06. The van der Waals surface area contributed by atoms with E-state index < -0.39 is 0 Å². The quantitative estimate of drug-likeness (QED) is 0.555. The highest BCUT2D eigenvalue weighted by Crippen LogP contribution is 2.52. The molecule has 2 bridgehead atoms. The summed E-state index contributed by atoms with van der Waals surface area (Å²) in [4.78, 5) is 0.